The minimum atomic E-state index is -0.449. The van der Waals surface area contributed by atoms with Gasteiger partial charge in [-0.15, -0.1) is 11.6 Å². The molecule has 70 valence electrons. The molecule has 0 saturated heterocycles. The third-order valence-electron chi connectivity index (χ3n) is 1.39. The number of rotatable bonds is 2. The Kier molecular flexibility index (Phi) is 3.51. The predicted octanol–water partition coefficient (Wildman–Crippen LogP) is 2.55. The quantitative estimate of drug-likeness (QED) is 0.556. The molecule has 0 atom stereocenters. The Morgan fingerprint density at radius 1 is 1.38 bits per heavy atom. The highest BCUT2D eigenvalue weighted by Crippen LogP contribution is 2.17. The molecule has 0 aromatic heterocycles. The Labute approximate surface area is 85.0 Å². The van der Waals surface area contributed by atoms with Gasteiger partial charge in [-0.3, -0.25) is 4.79 Å². The molecule has 0 saturated carbocycles. The Morgan fingerprint density at radius 2 is 1.92 bits per heavy atom. The monoisotopic (exact) mass is 221 g/mol. The van der Waals surface area contributed by atoms with E-state index in [1.165, 1.54) is 24.3 Å². The van der Waals surface area contributed by atoms with Gasteiger partial charge in [-0.1, -0.05) is 0 Å². The Balaban J connectivity index is 2.83. The summed E-state index contributed by atoms with van der Waals surface area (Å²) in [5.74, 6) is -1.04. The summed E-state index contributed by atoms with van der Waals surface area (Å²) >= 11 is 10.9. The SMILES string of the molecule is O=C(CCl)N(Cl)c1ccc(F)cc1. The van der Waals surface area contributed by atoms with Crippen molar-refractivity contribution in [2.75, 3.05) is 10.3 Å². The second-order valence-electron chi connectivity index (χ2n) is 2.28. The average Bonchev–Trinajstić information content (AvgIpc) is 2.17. The average molecular weight is 222 g/mol. The Morgan fingerprint density at radius 3 is 2.38 bits per heavy atom. The van der Waals surface area contributed by atoms with Gasteiger partial charge in [0.1, 0.15) is 11.7 Å². The maximum Gasteiger partial charge on any atom is 0.256 e. The molecule has 0 aliphatic heterocycles. The zero-order valence-corrected chi connectivity index (χ0v) is 8.02. The molecule has 1 aromatic carbocycles. The van der Waals surface area contributed by atoms with Crippen LogP contribution in [0.3, 0.4) is 0 Å². The number of amides is 1. The summed E-state index contributed by atoms with van der Waals surface area (Å²) in [7, 11) is 0. The number of benzene rings is 1. The van der Waals surface area contributed by atoms with E-state index >= 15 is 0 Å². The van der Waals surface area contributed by atoms with Crippen molar-refractivity contribution in [3.8, 4) is 0 Å². The molecule has 13 heavy (non-hydrogen) atoms. The van der Waals surface area contributed by atoms with Crippen molar-refractivity contribution < 1.29 is 9.18 Å². The van der Waals surface area contributed by atoms with Gasteiger partial charge < -0.3 is 0 Å². The van der Waals surface area contributed by atoms with Crippen LogP contribution in [0.1, 0.15) is 0 Å². The smallest absolute Gasteiger partial charge is 0.256 e. The van der Waals surface area contributed by atoms with Crippen molar-refractivity contribution in [3.63, 3.8) is 0 Å². The van der Waals surface area contributed by atoms with Crippen molar-refractivity contribution in [1.82, 2.24) is 0 Å². The lowest BCUT2D eigenvalue weighted by Crippen LogP contribution is -2.21. The van der Waals surface area contributed by atoms with Crippen molar-refractivity contribution in [2.24, 2.45) is 0 Å². The van der Waals surface area contributed by atoms with Gasteiger partial charge in [-0.05, 0) is 24.3 Å². The standard InChI is InChI=1S/C8H6Cl2FNO/c9-5-8(13)12(10)7-3-1-6(11)2-4-7/h1-4H,5H2. The minimum Gasteiger partial charge on any atom is -0.272 e. The molecule has 0 bridgehead atoms. The number of carbonyl (C=O) groups is 1. The lowest BCUT2D eigenvalue weighted by atomic mass is 10.3. The van der Waals surface area contributed by atoms with Crippen LogP contribution < -0.4 is 4.42 Å². The highest BCUT2D eigenvalue weighted by atomic mass is 35.5. The normalized spacial score (nSPS) is 9.77. The van der Waals surface area contributed by atoms with Gasteiger partial charge in [0.15, 0.2) is 0 Å². The van der Waals surface area contributed by atoms with E-state index in [2.05, 4.69) is 0 Å². The topological polar surface area (TPSA) is 20.3 Å². The summed E-state index contributed by atoms with van der Waals surface area (Å²) in [6, 6.07) is 5.22. The predicted molar refractivity (Wildman–Crippen MR) is 50.5 cm³/mol. The number of alkyl halides is 1. The van der Waals surface area contributed by atoms with Crippen molar-refractivity contribution >= 4 is 35.0 Å². The fourth-order valence-corrected chi connectivity index (χ4v) is 1.12. The molecular formula is C8H6Cl2FNO. The first-order chi connectivity index (χ1) is 6.15. The highest BCUT2D eigenvalue weighted by Gasteiger charge is 2.11. The molecule has 0 spiro atoms. The van der Waals surface area contributed by atoms with E-state index in [4.69, 9.17) is 23.4 Å². The van der Waals surface area contributed by atoms with Crippen molar-refractivity contribution in [2.45, 2.75) is 0 Å². The van der Waals surface area contributed by atoms with Crippen LogP contribution in [0.5, 0.6) is 0 Å². The first-order valence-electron chi connectivity index (χ1n) is 3.45. The first-order valence-corrected chi connectivity index (χ1v) is 4.32. The van der Waals surface area contributed by atoms with E-state index in [-0.39, 0.29) is 11.7 Å². The maximum absolute atomic E-state index is 12.5. The van der Waals surface area contributed by atoms with E-state index in [1.807, 2.05) is 0 Å². The van der Waals surface area contributed by atoms with Gasteiger partial charge in [0.25, 0.3) is 5.91 Å². The lowest BCUT2D eigenvalue weighted by Gasteiger charge is -2.11. The summed E-state index contributed by atoms with van der Waals surface area (Å²) in [6.07, 6.45) is 0. The highest BCUT2D eigenvalue weighted by molar-refractivity contribution is 6.41. The number of hydrogen-bond acceptors (Lipinski definition) is 1. The van der Waals surface area contributed by atoms with Crippen molar-refractivity contribution in [1.29, 1.82) is 0 Å². The van der Waals surface area contributed by atoms with Crippen LogP contribution in [-0.4, -0.2) is 11.8 Å². The van der Waals surface area contributed by atoms with Crippen molar-refractivity contribution in [3.05, 3.63) is 30.1 Å². The Hall–Kier alpha value is -0.800. The molecule has 1 rings (SSSR count). The van der Waals surface area contributed by atoms with Gasteiger partial charge in [-0.2, -0.15) is 0 Å². The van der Waals surface area contributed by atoms with Gasteiger partial charge in [-0.25, -0.2) is 8.81 Å². The second kappa shape index (κ2) is 4.44. The number of hydrogen-bond donors (Lipinski definition) is 0. The van der Waals surface area contributed by atoms with Crippen LogP contribution in [0.4, 0.5) is 10.1 Å². The zero-order chi connectivity index (χ0) is 9.84. The fourth-order valence-electron chi connectivity index (χ4n) is 0.768. The van der Waals surface area contributed by atoms with Crippen LogP contribution >= 0.6 is 23.4 Å². The fraction of sp³-hybridized carbons (Fsp3) is 0.125. The summed E-state index contributed by atoms with van der Waals surface area (Å²) in [6.45, 7) is 0. The van der Waals surface area contributed by atoms with Gasteiger partial charge in [0, 0.05) is 11.8 Å². The van der Waals surface area contributed by atoms with Gasteiger partial charge in [0.05, 0.1) is 5.69 Å². The third kappa shape index (κ3) is 2.57. The minimum absolute atomic E-state index is 0.207. The first kappa shape index (κ1) is 10.3. The number of nitrogens with zero attached hydrogens (tertiary/aromatic N) is 1. The van der Waals surface area contributed by atoms with E-state index in [0.29, 0.717) is 5.69 Å². The molecule has 2 nitrogen and oxygen atoms in total. The summed E-state index contributed by atoms with van der Waals surface area (Å²) < 4.78 is 13.3. The van der Waals surface area contributed by atoms with E-state index < -0.39 is 5.91 Å². The zero-order valence-electron chi connectivity index (χ0n) is 6.51. The van der Waals surface area contributed by atoms with Crippen LogP contribution in [0.15, 0.2) is 24.3 Å². The van der Waals surface area contributed by atoms with Gasteiger partial charge in [0.2, 0.25) is 0 Å². The van der Waals surface area contributed by atoms with Crippen LogP contribution in [-0.2, 0) is 4.79 Å². The second-order valence-corrected chi connectivity index (χ2v) is 2.89. The summed E-state index contributed by atoms with van der Waals surface area (Å²) in [5, 5.41) is 0. The molecule has 1 amide bonds. The maximum atomic E-state index is 12.5. The van der Waals surface area contributed by atoms with Crippen LogP contribution in [0.25, 0.3) is 0 Å². The van der Waals surface area contributed by atoms with E-state index in [0.717, 1.165) is 4.42 Å². The summed E-state index contributed by atoms with van der Waals surface area (Å²) in [5.41, 5.74) is 0.397. The molecule has 5 heteroatoms. The molecule has 0 aliphatic carbocycles. The number of carbonyl (C=O) groups excluding carboxylic acids is 1. The molecule has 0 N–H and O–H groups in total. The molecule has 0 heterocycles. The van der Waals surface area contributed by atoms with Crippen LogP contribution in [0.2, 0.25) is 0 Å². The third-order valence-corrected chi connectivity index (χ3v) is 2.00. The Bertz CT molecular complexity index is 302. The van der Waals surface area contributed by atoms with Gasteiger partial charge >= 0.3 is 0 Å². The largest absolute Gasteiger partial charge is 0.272 e. The molecule has 0 radical (unpaired) electrons. The summed E-state index contributed by atoms with van der Waals surface area (Å²) in [4.78, 5) is 11.0. The molecule has 0 fully saturated rings. The molecule has 1 aromatic rings. The van der Waals surface area contributed by atoms with Crippen LogP contribution in [0, 0.1) is 5.82 Å². The molecule has 0 unspecified atom stereocenters. The number of anilines is 1. The molecule has 0 aliphatic rings. The van der Waals surface area contributed by atoms with E-state index in [1.54, 1.807) is 0 Å². The lowest BCUT2D eigenvalue weighted by molar-refractivity contribution is -0.115. The number of halogens is 3. The van der Waals surface area contributed by atoms with E-state index in [9.17, 15) is 9.18 Å². The molecular weight excluding hydrogens is 216 g/mol.